The van der Waals surface area contributed by atoms with Gasteiger partial charge < -0.3 is 9.84 Å². The van der Waals surface area contributed by atoms with Crippen molar-refractivity contribution in [1.29, 1.82) is 0 Å². The molecule has 0 aliphatic rings. The van der Waals surface area contributed by atoms with Crippen LogP contribution in [0.1, 0.15) is 31.4 Å². The van der Waals surface area contributed by atoms with Crippen molar-refractivity contribution in [2.45, 2.75) is 32.0 Å². The zero-order chi connectivity index (χ0) is 11.3. The lowest BCUT2D eigenvalue weighted by molar-refractivity contribution is -0.0195. The molecule has 0 fully saturated rings. The molecular formula is C11H16FNO2. The number of hydrogen-bond donors (Lipinski definition) is 1. The molecule has 2 atom stereocenters. The number of methoxy groups -OCH3 is 1. The van der Waals surface area contributed by atoms with Gasteiger partial charge in [0, 0.05) is 18.9 Å². The lowest BCUT2D eigenvalue weighted by Gasteiger charge is -2.21. The van der Waals surface area contributed by atoms with Gasteiger partial charge in [-0.15, -0.1) is 0 Å². The van der Waals surface area contributed by atoms with Crippen LogP contribution in [0.25, 0.3) is 0 Å². The summed E-state index contributed by atoms with van der Waals surface area (Å²) >= 11 is 0. The topological polar surface area (TPSA) is 42.4 Å². The van der Waals surface area contributed by atoms with Crippen LogP contribution in [0.3, 0.4) is 0 Å². The number of rotatable bonds is 5. The van der Waals surface area contributed by atoms with Gasteiger partial charge in [-0.05, 0) is 12.5 Å². The second-order valence-electron chi connectivity index (χ2n) is 3.40. The summed E-state index contributed by atoms with van der Waals surface area (Å²) in [4.78, 5) is 3.63. The number of aliphatic hydroxyl groups is 1. The van der Waals surface area contributed by atoms with Gasteiger partial charge in [0.2, 0.25) is 0 Å². The molecule has 15 heavy (non-hydrogen) atoms. The van der Waals surface area contributed by atoms with Gasteiger partial charge in [-0.1, -0.05) is 13.3 Å². The van der Waals surface area contributed by atoms with Crippen LogP contribution in [0.2, 0.25) is 0 Å². The molecule has 0 radical (unpaired) electrons. The molecule has 0 amide bonds. The van der Waals surface area contributed by atoms with Crippen molar-refractivity contribution < 1.29 is 14.2 Å². The number of pyridine rings is 1. The number of nitrogens with zero attached hydrogens (tertiary/aromatic N) is 1. The molecular weight excluding hydrogens is 197 g/mol. The van der Waals surface area contributed by atoms with Crippen molar-refractivity contribution in [2.75, 3.05) is 7.11 Å². The molecule has 1 heterocycles. The molecule has 0 bridgehead atoms. The minimum atomic E-state index is -0.932. The summed E-state index contributed by atoms with van der Waals surface area (Å²) in [6, 6.07) is 1.47. The second kappa shape index (κ2) is 5.78. The predicted molar refractivity (Wildman–Crippen MR) is 54.9 cm³/mol. The summed E-state index contributed by atoms with van der Waals surface area (Å²) in [5.74, 6) is -0.497. The average molecular weight is 213 g/mol. The minimum Gasteiger partial charge on any atom is -0.386 e. The van der Waals surface area contributed by atoms with E-state index < -0.39 is 11.9 Å². The van der Waals surface area contributed by atoms with Gasteiger partial charge in [-0.2, -0.15) is 0 Å². The summed E-state index contributed by atoms with van der Waals surface area (Å²) in [7, 11) is 1.52. The molecule has 1 aromatic heterocycles. The SMILES string of the molecule is CCCC(OC)C(O)c1ccncc1F. The second-order valence-corrected chi connectivity index (χ2v) is 3.40. The van der Waals surface area contributed by atoms with Crippen LogP contribution in [-0.4, -0.2) is 23.3 Å². The van der Waals surface area contributed by atoms with Gasteiger partial charge in [0.25, 0.3) is 0 Å². The lowest BCUT2D eigenvalue weighted by Crippen LogP contribution is -2.21. The number of aliphatic hydroxyl groups excluding tert-OH is 1. The van der Waals surface area contributed by atoms with E-state index in [0.29, 0.717) is 6.42 Å². The van der Waals surface area contributed by atoms with Crippen molar-refractivity contribution in [2.24, 2.45) is 0 Å². The Labute approximate surface area is 88.9 Å². The Morgan fingerprint density at radius 3 is 2.87 bits per heavy atom. The van der Waals surface area contributed by atoms with Gasteiger partial charge in [0.1, 0.15) is 11.9 Å². The lowest BCUT2D eigenvalue weighted by atomic mass is 10.0. The molecule has 0 aliphatic heterocycles. The van der Waals surface area contributed by atoms with E-state index in [9.17, 15) is 9.50 Å². The number of aromatic nitrogens is 1. The molecule has 1 aromatic rings. The van der Waals surface area contributed by atoms with Gasteiger partial charge in [0.05, 0.1) is 12.3 Å². The number of halogens is 1. The summed E-state index contributed by atoms with van der Waals surface area (Å²) in [5.41, 5.74) is 0.241. The van der Waals surface area contributed by atoms with Crippen molar-refractivity contribution in [3.8, 4) is 0 Å². The Bertz CT molecular complexity index is 306. The van der Waals surface area contributed by atoms with Gasteiger partial charge >= 0.3 is 0 Å². The quantitative estimate of drug-likeness (QED) is 0.814. The maximum Gasteiger partial charge on any atom is 0.147 e. The molecule has 1 rings (SSSR count). The Hall–Kier alpha value is -1.00. The Morgan fingerprint density at radius 2 is 2.33 bits per heavy atom. The zero-order valence-electron chi connectivity index (χ0n) is 8.98. The molecule has 2 unspecified atom stereocenters. The third kappa shape index (κ3) is 2.97. The Morgan fingerprint density at radius 1 is 1.60 bits per heavy atom. The van der Waals surface area contributed by atoms with Crippen molar-refractivity contribution in [3.63, 3.8) is 0 Å². The monoisotopic (exact) mass is 213 g/mol. The van der Waals surface area contributed by atoms with Gasteiger partial charge in [-0.3, -0.25) is 4.98 Å². The normalized spacial score (nSPS) is 14.9. The maximum absolute atomic E-state index is 13.3. The van der Waals surface area contributed by atoms with E-state index in [-0.39, 0.29) is 11.7 Å². The van der Waals surface area contributed by atoms with Crippen LogP contribution in [0.15, 0.2) is 18.5 Å². The van der Waals surface area contributed by atoms with Crippen LogP contribution in [0, 0.1) is 5.82 Å². The summed E-state index contributed by atoms with van der Waals surface area (Å²) in [5, 5.41) is 9.90. The van der Waals surface area contributed by atoms with E-state index in [1.165, 1.54) is 19.4 Å². The molecule has 4 heteroatoms. The first-order chi connectivity index (χ1) is 7.20. The van der Waals surface area contributed by atoms with E-state index in [1.807, 2.05) is 6.92 Å². The fourth-order valence-corrected chi connectivity index (χ4v) is 1.52. The van der Waals surface area contributed by atoms with E-state index >= 15 is 0 Å². The largest absolute Gasteiger partial charge is 0.386 e. The maximum atomic E-state index is 13.3. The smallest absolute Gasteiger partial charge is 0.147 e. The highest BCUT2D eigenvalue weighted by Gasteiger charge is 2.22. The molecule has 0 aromatic carbocycles. The predicted octanol–water partition coefficient (Wildman–Crippen LogP) is 2.07. The minimum absolute atomic E-state index is 0.241. The fraction of sp³-hybridized carbons (Fsp3) is 0.545. The first-order valence-corrected chi connectivity index (χ1v) is 5.01. The molecule has 1 N–H and O–H groups in total. The van der Waals surface area contributed by atoms with Crippen LogP contribution in [-0.2, 0) is 4.74 Å². The molecule has 3 nitrogen and oxygen atoms in total. The third-order valence-corrected chi connectivity index (χ3v) is 2.35. The van der Waals surface area contributed by atoms with E-state index in [4.69, 9.17) is 4.74 Å². The average Bonchev–Trinajstić information content (AvgIpc) is 2.25. The van der Waals surface area contributed by atoms with Crippen molar-refractivity contribution in [3.05, 3.63) is 29.8 Å². The molecule has 84 valence electrons. The Balaban J connectivity index is 2.82. The standard InChI is InChI=1S/C11H16FNO2/c1-3-4-10(15-2)11(14)8-5-6-13-7-9(8)12/h5-7,10-11,14H,3-4H2,1-2H3. The summed E-state index contributed by atoms with van der Waals surface area (Å²) in [6.45, 7) is 1.99. The van der Waals surface area contributed by atoms with Crippen LogP contribution < -0.4 is 0 Å². The third-order valence-electron chi connectivity index (χ3n) is 2.35. The van der Waals surface area contributed by atoms with Crippen LogP contribution >= 0.6 is 0 Å². The van der Waals surface area contributed by atoms with Crippen LogP contribution in [0.4, 0.5) is 4.39 Å². The molecule has 0 aliphatic carbocycles. The first kappa shape index (κ1) is 12.1. The number of hydrogen-bond acceptors (Lipinski definition) is 3. The zero-order valence-corrected chi connectivity index (χ0v) is 8.98. The highest BCUT2D eigenvalue weighted by molar-refractivity contribution is 5.16. The summed E-state index contributed by atoms with van der Waals surface area (Å²) < 4.78 is 18.4. The fourth-order valence-electron chi connectivity index (χ4n) is 1.52. The van der Waals surface area contributed by atoms with Crippen molar-refractivity contribution >= 4 is 0 Å². The van der Waals surface area contributed by atoms with E-state index in [2.05, 4.69) is 4.98 Å². The highest BCUT2D eigenvalue weighted by atomic mass is 19.1. The van der Waals surface area contributed by atoms with Gasteiger partial charge in [-0.25, -0.2) is 4.39 Å². The summed E-state index contributed by atoms with van der Waals surface area (Å²) in [6.07, 6.45) is 2.82. The van der Waals surface area contributed by atoms with Gasteiger partial charge in [0.15, 0.2) is 0 Å². The highest BCUT2D eigenvalue weighted by Crippen LogP contribution is 2.23. The van der Waals surface area contributed by atoms with E-state index in [1.54, 1.807) is 0 Å². The molecule has 0 spiro atoms. The van der Waals surface area contributed by atoms with Crippen LogP contribution in [0.5, 0.6) is 0 Å². The van der Waals surface area contributed by atoms with E-state index in [0.717, 1.165) is 12.6 Å². The molecule has 0 saturated heterocycles. The Kier molecular flexibility index (Phi) is 4.65. The van der Waals surface area contributed by atoms with Crippen molar-refractivity contribution in [1.82, 2.24) is 4.98 Å². The number of ether oxygens (including phenoxy) is 1. The first-order valence-electron chi connectivity index (χ1n) is 5.01. The molecule has 0 saturated carbocycles.